The number of hydrogen-bond donors (Lipinski definition) is 1. The second-order valence-corrected chi connectivity index (χ2v) is 9.27. The number of rotatable bonds is 6. The Kier molecular flexibility index (Phi) is 7.63. The molecule has 2 heterocycles. The highest BCUT2D eigenvalue weighted by Gasteiger charge is 2.32. The van der Waals surface area contributed by atoms with Gasteiger partial charge in [0.05, 0.1) is 13.2 Å². The Bertz CT molecular complexity index is 937. The van der Waals surface area contributed by atoms with Crippen molar-refractivity contribution in [3.8, 4) is 0 Å². The summed E-state index contributed by atoms with van der Waals surface area (Å²) in [5.74, 6) is 0.334. The van der Waals surface area contributed by atoms with Gasteiger partial charge in [-0.1, -0.05) is 52.3 Å². The van der Waals surface area contributed by atoms with E-state index in [-0.39, 0.29) is 18.4 Å². The fourth-order valence-electron chi connectivity index (χ4n) is 3.95. The number of halogens is 1. The van der Waals surface area contributed by atoms with Crippen LogP contribution in [0.15, 0.2) is 64.8 Å². The maximum Gasteiger partial charge on any atom is 0.288 e. The minimum absolute atomic E-state index is 0.0182. The zero-order valence-corrected chi connectivity index (χ0v) is 19.8. The lowest BCUT2D eigenvalue weighted by Gasteiger charge is -2.35. The van der Waals surface area contributed by atoms with Gasteiger partial charge in [0.1, 0.15) is 0 Å². The maximum atomic E-state index is 13.2. The molecule has 0 spiro atoms. The van der Waals surface area contributed by atoms with Crippen LogP contribution in [0, 0.1) is 0 Å². The molecule has 1 N–H and O–H groups in total. The molecule has 32 heavy (non-hydrogen) atoms. The monoisotopic (exact) mass is 500 g/mol. The number of likely N-dealkylation sites (N-methyl/N-ethyl adjacent to an activating group) is 1. The Labute approximate surface area is 197 Å². The Hall–Kier alpha value is -2.19. The van der Waals surface area contributed by atoms with Crippen molar-refractivity contribution in [2.45, 2.75) is 31.8 Å². The van der Waals surface area contributed by atoms with E-state index in [1.807, 2.05) is 47.4 Å². The topological polar surface area (TPSA) is 62.2 Å². The fraction of sp³-hybridized carbons (Fsp3) is 0.400. The number of aliphatic hydroxyl groups is 1. The van der Waals surface area contributed by atoms with Crippen LogP contribution in [0.5, 0.6) is 0 Å². The average Bonchev–Trinajstić information content (AvgIpc) is 2.83. The average molecular weight is 501 g/mol. The van der Waals surface area contributed by atoms with Crippen molar-refractivity contribution in [2.75, 3.05) is 33.2 Å². The van der Waals surface area contributed by atoms with Crippen LogP contribution in [0.3, 0.4) is 0 Å². The normalized spacial score (nSPS) is 21.7. The first kappa shape index (κ1) is 23.0. The second kappa shape index (κ2) is 10.6. The molecule has 2 aromatic rings. The van der Waals surface area contributed by atoms with Gasteiger partial charge in [-0.2, -0.15) is 0 Å². The van der Waals surface area contributed by atoms with Crippen molar-refractivity contribution in [3.63, 3.8) is 0 Å². The molecule has 2 unspecified atom stereocenters. The molecule has 1 fully saturated rings. The predicted octanol–water partition coefficient (Wildman–Crippen LogP) is 3.65. The minimum atomic E-state index is -0.516. The van der Waals surface area contributed by atoms with Crippen LogP contribution in [0.2, 0.25) is 0 Å². The van der Waals surface area contributed by atoms with E-state index < -0.39 is 6.29 Å². The van der Waals surface area contributed by atoms with Crippen LogP contribution in [0.1, 0.15) is 29.0 Å². The molecule has 0 aromatic heterocycles. The number of carbonyl (C=O) groups excluding carboxylic acids is 1. The smallest absolute Gasteiger partial charge is 0.288 e. The molecule has 2 aliphatic rings. The van der Waals surface area contributed by atoms with Crippen molar-refractivity contribution in [3.05, 3.63) is 81.5 Å². The molecule has 0 aliphatic carbocycles. The number of aliphatic hydroxyl groups excluding tert-OH is 1. The predicted molar refractivity (Wildman–Crippen MR) is 126 cm³/mol. The van der Waals surface area contributed by atoms with Gasteiger partial charge in [0.15, 0.2) is 5.76 Å². The van der Waals surface area contributed by atoms with E-state index in [9.17, 15) is 9.90 Å². The lowest BCUT2D eigenvalue weighted by Crippen LogP contribution is -2.48. The quantitative estimate of drug-likeness (QED) is 0.655. The SMILES string of the molecule is CN1CCN(C(=O)C2=CC(c3ccc(Br)cc3)CC(OCc3ccc(CO)cc3)O2)CC1. The number of ether oxygens (including phenoxy) is 2. The van der Waals surface area contributed by atoms with Crippen LogP contribution >= 0.6 is 15.9 Å². The van der Waals surface area contributed by atoms with Gasteiger partial charge in [-0.05, 0) is 41.9 Å². The number of hydrogen-bond acceptors (Lipinski definition) is 5. The lowest BCUT2D eigenvalue weighted by atomic mass is 9.93. The van der Waals surface area contributed by atoms with Gasteiger partial charge in [0.25, 0.3) is 5.91 Å². The summed E-state index contributed by atoms with van der Waals surface area (Å²) >= 11 is 3.49. The summed E-state index contributed by atoms with van der Waals surface area (Å²) in [6, 6.07) is 15.8. The number of carbonyl (C=O) groups is 1. The van der Waals surface area contributed by atoms with Crippen molar-refractivity contribution in [1.29, 1.82) is 0 Å². The molecule has 0 radical (unpaired) electrons. The van der Waals surface area contributed by atoms with E-state index in [1.54, 1.807) is 0 Å². The van der Waals surface area contributed by atoms with Crippen LogP contribution in [-0.2, 0) is 27.5 Å². The molecule has 2 aromatic carbocycles. The number of allylic oxidation sites excluding steroid dienone is 1. The first-order valence-electron chi connectivity index (χ1n) is 10.9. The minimum Gasteiger partial charge on any atom is -0.459 e. The third-order valence-corrected chi connectivity index (χ3v) is 6.53. The zero-order valence-electron chi connectivity index (χ0n) is 18.2. The van der Waals surface area contributed by atoms with E-state index in [0.717, 1.165) is 34.3 Å². The summed E-state index contributed by atoms with van der Waals surface area (Å²) in [5, 5.41) is 9.22. The van der Waals surface area contributed by atoms with E-state index in [2.05, 4.69) is 40.0 Å². The largest absolute Gasteiger partial charge is 0.459 e. The Balaban J connectivity index is 1.49. The third-order valence-electron chi connectivity index (χ3n) is 6.00. The molecule has 1 saturated heterocycles. The van der Waals surface area contributed by atoms with Gasteiger partial charge < -0.3 is 24.4 Å². The molecular weight excluding hydrogens is 472 g/mol. The molecule has 7 heteroatoms. The van der Waals surface area contributed by atoms with E-state index in [4.69, 9.17) is 9.47 Å². The number of piperazine rings is 1. The van der Waals surface area contributed by atoms with E-state index in [1.165, 1.54) is 0 Å². The summed E-state index contributed by atoms with van der Waals surface area (Å²) in [4.78, 5) is 17.3. The highest BCUT2D eigenvalue weighted by molar-refractivity contribution is 9.10. The van der Waals surface area contributed by atoms with Crippen LogP contribution in [-0.4, -0.2) is 60.3 Å². The molecule has 2 aliphatic heterocycles. The Morgan fingerprint density at radius 1 is 1.06 bits per heavy atom. The van der Waals surface area contributed by atoms with Crippen molar-refractivity contribution < 1.29 is 19.4 Å². The first-order valence-corrected chi connectivity index (χ1v) is 11.7. The number of benzene rings is 2. The highest BCUT2D eigenvalue weighted by atomic mass is 79.9. The van der Waals surface area contributed by atoms with Gasteiger partial charge in [-0.25, -0.2) is 0 Å². The zero-order chi connectivity index (χ0) is 22.5. The van der Waals surface area contributed by atoms with Gasteiger partial charge in [-0.3, -0.25) is 4.79 Å². The first-order chi connectivity index (χ1) is 15.5. The molecule has 0 bridgehead atoms. The number of nitrogens with zero attached hydrogens (tertiary/aromatic N) is 2. The summed E-state index contributed by atoms with van der Waals surface area (Å²) in [6.45, 7) is 3.50. The molecule has 0 saturated carbocycles. The molecule has 170 valence electrons. The molecular formula is C25H29BrN2O4. The highest BCUT2D eigenvalue weighted by Crippen LogP contribution is 2.33. The van der Waals surface area contributed by atoms with Gasteiger partial charge in [0.2, 0.25) is 6.29 Å². The van der Waals surface area contributed by atoms with Gasteiger partial charge in [0, 0.05) is 43.0 Å². The van der Waals surface area contributed by atoms with Crippen molar-refractivity contribution in [2.24, 2.45) is 0 Å². The lowest BCUT2D eigenvalue weighted by molar-refractivity contribution is -0.156. The van der Waals surface area contributed by atoms with Crippen LogP contribution in [0.25, 0.3) is 0 Å². The summed E-state index contributed by atoms with van der Waals surface area (Å²) in [6.07, 6.45) is 2.06. The molecule has 6 nitrogen and oxygen atoms in total. The van der Waals surface area contributed by atoms with Gasteiger partial charge in [-0.15, -0.1) is 0 Å². The second-order valence-electron chi connectivity index (χ2n) is 8.35. The standard InChI is InChI=1S/C25H29BrN2O4/c1-27-10-12-28(13-11-27)25(30)23-14-21(20-6-8-22(26)9-7-20)15-24(32-23)31-17-19-4-2-18(16-29)3-5-19/h2-9,14,21,24,29H,10-13,15-17H2,1H3. The van der Waals surface area contributed by atoms with Crippen molar-refractivity contribution in [1.82, 2.24) is 9.80 Å². The molecule has 4 rings (SSSR count). The molecule has 1 amide bonds. The molecule has 2 atom stereocenters. The van der Waals surface area contributed by atoms with Crippen molar-refractivity contribution >= 4 is 21.8 Å². The number of amides is 1. The summed E-state index contributed by atoms with van der Waals surface area (Å²) < 4.78 is 13.2. The Morgan fingerprint density at radius 2 is 1.72 bits per heavy atom. The van der Waals surface area contributed by atoms with Crippen LogP contribution in [0.4, 0.5) is 0 Å². The van der Waals surface area contributed by atoms with E-state index in [0.29, 0.717) is 31.9 Å². The van der Waals surface area contributed by atoms with Crippen LogP contribution < -0.4 is 0 Å². The van der Waals surface area contributed by atoms with Gasteiger partial charge >= 0.3 is 0 Å². The maximum absolute atomic E-state index is 13.2. The fourth-order valence-corrected chi connectivity index (χ4v) is 4.21. The third kappa shape index (κ3) is 5.78. The summed E-state index contributed by atoms with van der Waals surface area (Å²) in [5.41, 5.74) is 2.98. The Morgan fingerprint density at radius 3 is 2.38 bits per heavy atom. The van der Waals surface area contributed by atoms with E-state index >= 15 is 0 Å². The summed E-state index contributed by atoms with van der Waals surface area (Å²) in [7, 11) is 2.07.